The van der Waals surface area contributed by atoms with E-state index in [1.165, 1.54) is 22.9 Å². The minimum atomic E-state index is -0.901. The second kappa shape index (κ2) is 9.81. The minimum Gasteiger partial charge on any atom is -0.376 e. The van der Waals surface area contributed by atoms with Gasteiger partial charge < -0.3 is 20.2 Å². The van der Waals surface area contributed by atoms with E-state index in [1.807, 2.05) is 4.90 Å². The first-order valence-electron chi connectivity index (χ1n) is 11.1. The third-order valence-electron chi connectivity index (χ3n) is 6.24. The normalized spacial score (nSPS) is 17.6. The van der Waals surface area contributed by atoms with E-state index >= 15 is 0 Å². The Morgan fingerprint density at radius 2 is 2.24 bits per heavy atom. The predicted octanol–water partition coefficient (Wildman–Crippen LogP) is 1.49. The number of aldehydes is 1. The molecule has 9 nitrogen and oxygen atoms in total. The first-order chi connectivity index (χ1) is 16.2. The number of piperazine rings is 1. The number of amides is 2. The van der Waals surface area contributed by atoms with E-state index in [4.69, 9.17) is 16.3 Å². The molecular weight excluding hydrogens is 465 g/mol. The molecule has 0 bridgehead atoms. The summed E-state index contributed by atoms with van der Waals surface area (Å²) in [6.45, 7) is 5.65. The molecule has 2 aliphatic heterocycles. The largest absolute Gasteiger partial charge is 0.376 e. The van der Waals surface area contributed by atoms with Crippen LogP contribution < -0.4 is 10.6 Å². The number of hydrogen-bond donors (Lipinski definition) is 2. The fourth-order valence-electron chi connectivity index (χ4n) is 4.15. The molecule has 11 heteroatoms. The van der Waals surface area contributed by atoms with Gasteiger partial charge in [0.25, 0.3) is 5.91 Å². The lowest BCUT2D eigenvalue weighted by Gasteiger charge is -2.36. The highest BCUT2D eigenvalue weighted by molar-refractivity contribution is 6.30. The second-order valence-electron chi connectivity index (χ2n) is 9.13. The minimum absolute atomic E-state index is 0.103. The van der Waals surface area contributed by atoms with Gasteiger partial charge in [0, 0.05) is 42.1 Å². The van der Waals surface area contributed by atoms with Crippen LogP contribution in [-0.2, 0) is 27.4 Å². The van der Waals surface area contributed by atoms with Gasteiger partial charge in [-0.2, -0.15) is 5.10 Å². The van der Waals surface area contributed by atoms with Gasteiger partial charge in [-0.15, -0.1) is 0 Å². The highest BCUT2D eigenvalue weighted by atomic mass is 35.5. The van der Waals surface area contributed by atoms with Crippen LogP contribution in [-0.4, -0.2) is 71.6 Å². The molecule has 2 aliphatic rings. The summed E-state index contributed by atoms with van der Waals surface area (Å²) in [6, 6.07) is 3.57. The van der Waals surface area contributed by atoms with E-state index in [9.17, 15) is 18.8 Å². The third kappa shape index (κ3) is 4.98. The topological polar surface area (TPSA) is 106 Å². The summed E-state index contributed by atoms with van der Waals surface area (Å²) in [4.78, 5) is 38.9. The molecule has 0 spiro atoms. The van der Waals surface area contributed by atoms with Crippen LogP contribution >= 0.6 is 11.6 Å². The highest BCUT2D eigenvalue weighted by Crippen LogP contribution is 2.28. The van der Waals surface area contributed by atoms with Crippen LogP contribution in [0.15, 0.2) is 18.2 Å². The Morgan fingerprint density at radius 3 is 2.97 bits per heavy atom. The lowest BCUT2D eigenvalue weighted by molar-refractivity contribution is -0.124. The van der Waals surface area contributed by atoms with Crippen molar-refractivity contribution in [3.63, 3.8) is 0 Å². The molecular formula is C23H27ClFN5O4. The van der Waals surface area contributed by atoms with E-state index in [1.54, 1.807) is 13.8 Å². The van der Waals surface area contributed by atoms with Crippen molar-refractivity contribution in [2.24, 2.45) is 5.41 Å². The van der Waals surface area contributed by atoms with Gasteiger partial charge in [-0.1, -0.05) is 25.4 Å². The third-order valence-corrected chi connectivity index (χ3v) is 6.47. The Bertz CT molecular complexity index is 1120. The monoisotopic (exact) mass is 491 g/mol. The number of aromatic nitrogens is 2. The van der Waals surface area contributed by atoms with E-state index < -0.39 is 23.2 Å². The molecule has 0 aliphatic carbocycles. The van der Waals surface area contributed by atoms with Crippen LogP contribution in [0.25, 0.3) is 5.69 Å². The van der Waals surface area contributed by atoms with Crippen LogP contribution in [0.3, 0.4) is 0 Å². The van der Waals surface area contributed by atoms with Gasteiger partial charge in [0.05, 0.1) is 31.5 Å². The summed E-state index contributed by atoms with van der Waals surface area (Å²) >= 11 is 6.08. The number of nitrogens with zero attached hydrogens (tertiary/aromatic N) is 3. The maximum absolute atomic E-state index is 14.6. The van der Waals surface area contributed by atoms with Crippen molar-refractivity contribution in [1.29, 1.82) is 0 Å². The number of ether oxygens (including phenoxy) is 1. The summed E-state index contributed by atoms with van der Waals surface area (Å²) in [5.41, 5.74) is 0.604. The summed E-state index contributed by atoms with van der Waals surface area (Å²) < 4.78 is 21.6. The molecule has 2 amide bonds. The van der Waals surface area contributed by atoms with Crippen LogP contribution in [0.1, 0.15) is 35.6 Å². The van der Waals surface area contributed by atoms with Crippen LogP contribution in [0.2, 0.25) is 5.02 Å². The quantitative estimate of drug-likeness (QED) is 0.569. The van der Waals surface area contributed by atoms with Crippen LogP contribution in [0.4, 0.5) is 4.39 Å². The number of benzene rings is 1. The second-order valence-corrected chi connectivity index (χ2v) is 9.57. The molecule has 1 fully saturated rings. The SMILES string of the molecule is CC(C)(C=O)C(CN1CCNC(=O)C1)NC(=O)c1nn(-c2cc(Cl)ccc2F)c2c1COCC2. The molecule has 3 heterocycles. The molecule has 1 atom stereocenters. The van der Waals surface area contributed by atoms with Gasteiger partial charge in [-0.25, -0.2) is 9.07 Å². The predicted molar refractivity (Wildman–Crippen MR) is 122 cm³/mol. The molecule has 1 saturated heterocycles. The van der Waals surface area contributed by atoms with Crippen LogP contribution in [0, 0.1) is 11.2 Å². The smallest absolute Gasteiger partial charge is 0.272 e. The highest BCUT2D eigenvalue weighted by Gasteiger charge is 2.35. The van der Waals surface area contributed by atoms with E-state index in [-0.39, 0.29) is 30.4 Å². The molecule has 1 aromatic carbocycles. The van der Waals surface area contributed by atoms with Gasteiger partial charge in [-0.3, -0.25) is 14.5 Å². The van der Waals surface area contributed by atoms with Crippen molar-refractivity contribution in [2.45, 2.75) is 32.9 Å². The zero-order valence-corrected chi connectivity index (χ0v) is 19.8. The van der Waals surface area contributed by atoms with E-state index in [2.05, 4.69) is 15.7 Å². The van der Waals surface area contributed by atoms with Gasteiger partial charge in [0.15, 0.2) is 5.69 Å². The number of halogens is 2. The Labute approximate surface area is 201 Å². The molecule has 182 valence electrons. The number of nitrogens with one attached hydrogen (secondary N) is 2. The van der Waals surface area contributed by atoms with E-state index in [0.717, 1.165) is 6.29 Å². The first kappa shape index (κ1) is 24.3. The number of rotatable bonds is 7. The summed E-state index contributed by atoms with van der Waals surface area (Å²) in [5.74, 6) is -1.12. The number of carbonyl (C=O) groups is 3. The Balaban J connectivity index is 1.65. The first-order valence-corrected chi connectivity index (χ1v) is 11.5. The number of fused-ring (bicyclic) bond motifs is 1. The van der Waals surface area contributed by atoms with Crippen molar-refractivity contribution >= 4 is 29.7 Å². The van der Waals surface area contributed by atoms with Gasteiger partial charge in [-0.05, 0) is 18.2 Å². The van der Waals surface area contributed by atoms with Crippen molar-refractivity contribution in [3.05, 3.63) is 46.0 Å². The number of hydrogen-bond acceptors (Lipinski definition) is 6. The zero-order chi connectivity index (χ0) is 24.5. The molecule has 34 heavy (non-hydrogen) atoms. The summed E-state index contributed by atoms with van der Waals surface area (Å²) in [7, 11) is 0. The molecule has 1 aromatic heterocycles. The molecule has 0 saturated carbocycles. The fraction of sp³-hybridized carbons (Fsp3) is 0.478. The van der Waals surface area contributed by atoms with E-state index in [0.29, 0.717) is 48.9 Å². The number of carbonyl (C=O) groups excluding carboxylic acids is 3. The van der Waals surface area contributed by atoms with Crippen molar-refractivity contribution in [1.82, 2.24) is 25.3 Å². The van der Waals surface area contributed by atoms with Crippen LogP contribution in [0.5, 0.6) is 0 Å². The Hall–Kier alpha value is -2.82. The van der Waals surface area contributed by atoms with Crippen molar-refractivity contribution < 1.29 is 23.5 Å². The average molecular weight is 492 g/mol. The van der Waals surface area contributed by atoms with Crippen molar-refractivity contribution in [3.8, 4) is 5.69 Å². The molecule has 2 aromatic rings. The van der Waals surface area contributed by atoms with Crippen molar-refractivity contribution in [2.75, 3.05) is 32.8 Å². The lowest BCUT2D eigenvalue weighted by Crippen LogP contribution is -2.56. The maximum atomic E-state index is 14.6. The Kier molecular flexibility index (Phi) is 7.01. The van der Waals surface area contributed by atoms with Gasteiger partial charge in [0.2, 0.25) is 5.91 Å². The molecule has 0 radical (unpaired) electrons. The maximum Gasteiger partial charge on any atom is 0.272 e. The summed E-state index contributed by atoms with van der Waals surface area (Å²) in [6.07, 6.45) is 1.24. The summed E-state index contributed by atoms with van der Waals surface area (Å²) in [5, 5.41) is 10.5. The van der Waals surface area contributed by atoms with Gasteiger partial charge in [0.1, 0.15) is 17.8 Å². The Morgan fingerprint density at radius 1 is 1.44 bits per heavy atom. The zero-order valence-electron chi connectivity index (χ0n) is 19.1. The molecule has 1 unspecified atom stereocenters. The molecule has 2 N–H and O–H groups in total. The standard InChI is InChI=1S/C23H27ClFN5O4/c1-23(2,13-31)19(10-29-7-6-26-20(32)11-29)27-22(33)21-15-12-34-8-5-17(15)30(28-21)18-9-14(24)3-4-16(18)25/h3-4,9,13,19H,5-8,10-12H2,1-2H3,(H,26,32)(H,27,33). The average Bonchev–Trinajstić information content (AvgIpc) is 3.20. The van der Waals surface area contributed by atoms with Gasteiger partial charge >= 0.3 is 0 Å². The lowest BCUT2D eigenvalue weighted by atomic mass is 9.85. The fourth-order valence-corrected chi connectivity index (χ4v) is 4.31. The molecule has 4 rings (SSSR count).